The molecule has 0 fully saturated rings. The number of hydrogen-bond donors (Lipinski definition) is 1. The summed E-state index contributed by atoms with van der Waals surface area (Å²) in [6, 6.07) is 14.3. The third-order valence-corrected chi connectivity index (χ3v) is 4.74. The van der Waals surface area contributed by atoms with E-state index in [1.165, 1.54) is 0 Å². The molecule has 3 rings (SSSR count). The topological polar surface area (TPSA) is 64.4 Å². The number of nitrogens with one attached hydrogen (secondary N) is 1. The van der Waals surface area contributed by atoms with Crippen molar-refractivity contribution in [2.24, 2.45) is 0 Å². The Morgan fingerprint density at radius 2 is 1.89 bits per heavy atom. The van der Waals surface area contributed by atoms with Crippen LogP contribution >= 0.6 is 11.6 Å². The minimum absolute atomic E-state index is 0.167. The highest BCUT2D eigenvalue weighted by molar-refractivity contribution is 6.31. The van der Waals surface area contributed by atoms with Crippen LogP contribution in [0.1, 0.15) is 45.9 Å². The molecule has 1 N–H and O–H groups in total. The fraction of sp³-hybridized carbons (Fsp3) is 0.238. The SMILES string of the molecule is Cc1noc(C)c1COc1ccc(C(=O)NC(C)c2ccccc2Cl)cc1. The lowest BCUT2D eigenvalue weighted by atomic mass is 10.1. The number of carbonyl (C=O) groups is 1. The highest BCUT2D eigenvalue weighted by atomic mass is 35.5. The van der Waals surface area contributed by atoms with Gasteiger partial charge < -0.3 is 14.6 Å². The van der Waals surface area contributed by atoms with Crippen LogP contribution in [0.4, 0.5) is 0 Å². The molecule has 1 atom stereocenters. The van der Waals surface area contributed by atoms with Crippen LogP contribution in [0.3, 0.4) is 0 Å². The molecule has 0 radical (unpaired) electrons. The van der Waals surface area contributed by atoms with Gasteiger partial charge in [0.15, 0.2) is 0 Å². The number of carbonyl (C=O) groups excluding carboxylic acids is 1. The Morgan fingerprint density at radius 1 is 1.19 bits per heavy atom. The zero-order valence-corrected chi connectivity index (χ0v) is 16.2. The van der Waals surface area contributed by atoms with Crippen LogP contribution in [-0.2, 0) is 6.61 Å². The third-order valence-electron chi connectivity index (χ3n) is 4.40. The normalized spacial score (nSPS) is 11.9. The molecule has 3 aromatic rings. The van der Waals surface area contributed by atoms with Gasteiger partial charge in [0.2, 0.25) is 0 Å². The molecule has 0 aliphatic heterocycles. The molecule has 2 aromatic carbocycles. The van der Waals surface area contributed by atoms with E-state index >= 15 is 0 Å². The molecular formula is C21H21ClN2O3. The Hall–Kier alpha value is -2.79. The van der Waals surface area contributed by atoms with Crippen molar-refractivity contribution < 1.29 is 14.1 Å². The average Bonchev–Trinajstić information content (AvgIpc) is 2.98. The van der Waals surface area contributed by atoms with E-state index in [-0.39, 0.29) is 11.9 Å². The van der Waals surface area contributed by atoms with Crippen LogP contribution in [0.5, 0.6) is 5.75 Å². The summed E-state index contributed by atoms with van der Waals surface area (Å²) in [6.45, 7) is 6.01. The van der Waals surface area contributed by atoms with Crippen LogP contribution in [0.25, 0.3) is 0 Å². The summed E-state index contributed by atoms with van der Waals surface area (Å²) in [6.07, 6.45) is 0. The molecule has 6 heteroatoms. The molecule has 1 amide bonds. The predicted octanol–water partition coefficient (Wildman–Crippen LogP) is 5.01. The van der Waals surface area contributed by atoms with Crippen LogP contribution in [-0.4, -0.2) is 11.1 Å². The van der Waals surface area contributed by atoms with Gasteiger partial charge in [-0.1, -0.05) is 35.0 Å². The maximum Gasteiger partial charge on any atom is 0.251 e. The molecule has 1 unspecified atom stereocenters. The number of halogens is 1. The fourth-order valence-electron chi connectivity index (χ4n) is 2.75. The van der Waals surface area contributed by atoms with Gasteiger partial charge in [0.05, 0.1) is 17.3 Å². The molecule has 1 heterocycles. The molecule has 0 spiro atoms. The molecular weight excluding hydrogens is 364 g/mol. The van der Waals surface area contributed by atoms with E-state index in [0.717, 1.165) is 22.6 Å². The number of ether oxygens (including phenoxy) is 1. The van der Waals surface area contributed by atoms with Crippen LogP contribution in [0.15, 0.2) is 53.1 Å². The molecule has 27 heavy (non-hydrogen) atoms. The van der Waals surface area contributed by atoms with Gasteiger partial charge in [-0.2, -0.15) is 0 Å². The zero-order chi connectivity index (χ0) is 19.4. The quantitative estimate of drug-likeness (QED) is 0.648. The number of nitrogens with zero attached hydrogens (tertiary/aromatic N) is 1. The van der Waals surface area contributed by atoms with Crippen LogP contribution in [0.2, 0.25) is 5.02 Å². The van der Waals surface area contributed by atoms with Crippen LogP contribution in [0, 0.1) is 13.8 Å². The molecule has 0 bridgehead atoms. The van der Waals surface area contributed by atoms with Crippen molar-refractivity contribution in [2.75, 3.05) is 0 Å². The van der Waals surface area contributed by atoms with Crippen molar-refractivity contribution >= 4 is 17.5 Å². The van der Waals surface area contributed by atoms with Gasteiger partial charge in [-0.15, -0.1) is 0 Å². The second-order valence-corrected chi connectivity index (χ2v) is 6.74. The second kappa shape index (κ2) is 8.27. The van der Waals surface area contributed by atoms with Crippen LogP contribution < -0.4 is 10.1 Å². The first-order chi connectivity index (χ1) is 13.0. The second-order valence-electron chi connectivity index (χ2n) is 6.33. The molecule has 1 aromatic heterocycles. The van der Waals surface area contributed by atoms with E-state index in [4.69, 9.17) is 20.9 Å². The van der Waals surface area contributed by atoms with E-state index in [2.05, 4.69) is 10.5 Å². The maximum absolute atomic E-state index is 12.5. The number of hydrogen-bond acceptors (Lipinski definition) is 4. The summed E-state index contributed by atoms with van der Waals surface area (Å²) < 4.78 is 10.9. The van der Waals surface area contributed by atoms with Crippen molar-refractivity contribution in [2.45, 2.75) is 33.4 Å². The Kier molecular flexibility index (Phi) is 5.81. The van der Waals surface area contributed by atoms with Gasteiger partial charge in [-0.3, -0.25) is 4.79 Å². The number of benzene rings is 2. The average molecular weight is 385 g/mol. The first kappa shape index (κ1) is 19.0. The third kappa shape index (κ3) is 4.49. The Balaban J connectivity index is 1.61. The first-order valence-electron chi connectivity index (χ1n) is 8.65. The minimum atomic E-state index is -0.193. The van der Waals surface area contributed by atoms with Gasteiger partial charge in [0.25, 0.3) is 5.91 Å². The smallest absolute Gasteiger partial charge is 0.251 e. The monoisotopic (exact) mass is 384 g/mol. The summed E-state index contributed by atoms with van der Waals surface area (Å²) in [5.41, 5.74) is 3.19. The number of rotatable bonds is 6. The van der Waals surface area contributed by atoms with Crippen molar-refractivity contribution in [1.82, 2.24) is 10.5 Å². The Labute approximate surface area is 163 Å². The standard InChI is InChI=1S/C21H21ClN2O3/c1-13(18-6-4-5-7-20(18)22)23-21(25)16-8-10-17(11-9-16)26-12-19-14(2)24-27-15(19)3/h4-11,13H,12H2,1-3H3,(H,23,25). The lowest BCUT2D eigenvalue weighted by Crippen LogP contribution is -2.26. The van der Waals surface area contributed by atoms with Gasteiger partial charge in [-0.05, 0) is 56.7 Å². The summed E-state index contributed by atoms with van der Waals surface area (Å²) in [5, 5.41) is 7.50. The van der Waals surface area contributed by atoms with E-state index in [9.17, 15) is 4.79 Å². The minimum Gasteiger partial charge on any atom is -0.489 e. The molecule has 140 valence electrons. The lowest BCUT2D eigenvalue weighted by Gasteiger charge is -2.16. The molecule has 0 saturated heterocycles. The van der Waals surface area contributed by atoms with E-state index in [1.54, 1.807) is 24.3 Å². The Morgan fingerprint density at radius 3 is 2.52 bits per heavy atom. The highest BCUT2D eigenvalue weighted by Gasteiger charge is 2.14. The molecule has 0 saturated carbocycles. The van der Waals surface area contributed by atoms with Gasteiger partial charge in [0, 0.05) is 10.6 Å². The Bertz CT molecular complexity index is 915. The van der Waals surface area contributed by atoms with Crippen molar-refractivity contribution in [3.8, 4) is 5.75 Å². The van der Waals surface area contributed by atoms with E-state index in [1.807, 2.05) is 45.0 Å². The summed E-state index contributed by atoms with van der Waals surface area (Å²) >= 11 is 6.19. The molecule has 0 aliphatic carbocycles. The fourth-order valence-corrected chi connectivity index (χ4v) is 3.05. The number of amides is 1. The molecule has 0 aliphatic rings. The predicted molar refractivity (Wildman–Crippen MR) is 104 cm³/mol. The van der Waals surface area contributed by atoms with E-state index in [0.29, 0.717) is 22.9 Å². The van der Waals surface area contributed by atoms with Gasteiger partial charge in [-0.25, -0.2) is 0 Å². The zero-order valence-electron chi connectivity index (χ0n) is 15.5. The van der Waals surface area contributed by atoms with Crippen molar-refractivity contribution in [3.63, 3.8) is 0 Å². The first-order valence-corrected chi connectivity index (χ1v) is 9.03. The number of aryl methyl sites for hydroxylation is 2. The molecule has 5 nitrogen and oxygen atoms in total. The van der Waals surface area contributed by atoms with Crippen molar-refractivity contribution in [3.05, 3.63) is 81.7 Å². The summed E-state index contributed by atoms with van der Waals surface area (Å²) in [4.78, 5) is 12.5. The largest absolute Gasteiger partial charge is 0.489 e. The van der Waals surface area contributed by atoms with Crippen molar-refractivity contribution in [1.29, 1.82) is 0 Å². The summed E-state index contributed by atoms with van der Waals surface area (Å²) in [5.74, 6) is 1.25. The van der Waals surface area contributed by atoms with Gasteiger partial charge in [0.1, 0.15) is 18.1 Å². The summed E-state index contributed by atoms with van der Waals surface area (Å²) in [7, 11) is 0. The van der Waals surface area contributed by atoms with Gasteiger partial charge >= 0.3 is 0 Å². The lowest BCUT2D eigenvalue weighted by molar-refractivity contribution is 0.0940. The number of aromatic nitrogens is 1. The highest BCUT2D eigenvalue weighted by Crippen LogP contribution is 2.23. The van der Waals surface area contributed by atoms with E-state index < -0.39 is 0 Å². The maximum atomic E-state index is 12.5.